The van der Waals surface area contributed by atoms with Crippen molar-refractivity contribution in [3.8, 4) is 0 Å². The zero-order chi connectivity index (χ0) is 15.6. The number of hydrogen-bond donors (Lipinski definition) is 1. The van der Waals surface area contributed by atoms with E-state index < -0.39 is 5.54 Å². The number of aromatic nitrogens is 2. The molecule has 2 fully saturated rings. The first-order chi connectivity index (χ1) is 10.6. The third kappa shape index (κ3) is 4.81. The summed E-state index contributed by atoms with van der Waals surface area (Å²) in [5.41, 5.74) is 5.74. The van der Waals surface area contributed by atoms with Crippen molar-refractivity contribution in [1.82, 2.24) is 19.9 Å². The van der Waals surface area contributed by atoms with Gasteiger partial charge in [0.2, 0.25) is 11.8 Å². The summed E-state index contributed by atoms with van der Waals surface area (Å²) < 4.78 is 4.99. The van der Waals surface area contributed by atoms with Gasteiger partial charge in [0.25, 0.3) is 0 Å². The van der Waals surface area contributed by atoms with Crippen LogP contribution in [0.5, 0.6) is 0 Å². The first-order valence-corrected chi connectivity index (χ1v) is 8.17. The second kappa shape index (κ2) is 8.99. The highest BCUT2D eigenvalue weighted by atomic mass is 35.5. The van der Waals surface area contributed by atoms with Crippen molar-refractivity contribution >= 4 is 30.7 Å². The van der Waals surface area contributed by atoms with Crippen LogP contribution in [0.25, 0.3) is 0 Å². The third-order valence-electron chi connectivity index (χ3n) is 4.77. The van der Waals surface area contributed by atoms with E-state index in [1.54, 1.807) is 6.92 Å². The van der Waals surface area contributed by atoms with Crippen LogP contribution in [-0.4, -0.2) is 57.6 Å². The van der Waals surface area contributed by atoms with Gasteiger partial charge in [-0.1, -0.05) is 24.4 Å². The Morgan fingerprint density at radius 2 is 1.79 bits per heavy atom. The Labute approximate surface area is 155 Å². The van der Waals surface area contributed by atoms with E-state index in [0.717, 1.165) is 51.9 Å². The maximum atomic E-state index is 12.7. The van der Waals surface area contributed by atoms with Gasteiger partial charge in [0, 0.05) is 33.1 Å². The molecule has 1 aromatic heterocycles. The topological polar surface area (TPSA) is 88.5 Å². The maximum absolute atomic E-state index is 12.7. The van der Waals surface area contributed by atoms with Crippen LogP contribution in [0.15, 0.2) is 4.52 Å². The molecule has 138 valence electrons. The van der Waals surface area contributed by atoms with Gasteiger partial charge in [-0.2, -0.15) is 4.98 Å². The van der Waals surface area contributed by atoms with Crippen molar-refractivity contribution in [2.24, 2.45) is 5.73 Å². The summed E-state index contributed by atoms with van der Waals surface area (Å²) in [7, 11) is 0. The number of carbonyl (C=O) groups excluding carboxylic acids is 1. The predicted octanol–water partition coefficient (Wildman–Crippen LogP) is 1.53. The minimum absolute atomic E-state index is 0. The lowest BCUT2D eigenvalue weighted by atomic mass is 9.81. The number of hydrogen-bond acceptors (Lipinski definition) is 6. The second-order valence-corrected chi connectivity index (χ2v) is 6.51. The molecule has 1 aliphatic carbocycles. The molecule has 9 heteroatoms. The average molecular weight is 380 g/mol. The minimum Gasteiger partial charge on any atom is -0.340 e. The lowest BCUT2D eigenvalue weighted by molar-refractivity contribution is -0.140. The van der Waals surface area contributed by atoms with Crippen molar-refractivity contribution in [1.29, 1.82) is 0 Å². The Morgan fingerprint density at radius 3 is 2.33 bits per heavy atom. The molecule has 0 unspecified atom stereocenters. The molecule has 0 radical (unpaired) electrons. The number of carbonyl (C=O) groups is 1. The second-order valence-electron chi connectivity index (χ2n) is 6.51. The number of nitrogens with two attached hydrogens (primary N) is 1. The molecule has 1 aliphatic heterocycles. The molecule has 2 N–H and O–H groups in total. The van der Waals surface area contributed by atoms with Crippen LogP contribution in [0.3, 0.4) is 0 Å². The molecule has 0 bridgehead atoms. The van der Waals surface area contributed by atoms with Crippen LogP contribution in [-0.2, 0) is 11.3 Å². The van der Waals surface area contributed by atoms with Crippen LogP contribution in [0, 0.1) is 6.92 Å². The van der Waals surface area contributed by atoms with Gasteiger partial charge in [0.05, 0.1) is 12.1 Å². The van der Waals surface area contributed by atoms with Gasteiger partial charge in [0.1, 0.15) is 0 Å². The van der Waals surface area contributed by atoms with E-state index in [4.69, 9.17) is 10.3 Å². The van der Waals surface area contributed by atoms with Crippen molar-refractivity contribution < 1.29 is 9.32 Å². The van der Waals surface area contributed by atoms with Gasteiger partial charge >= 0.3 is 0 Å². The van der Waals surface area contributed by atoms with E-state index in [0.29, 0.717) is 18.3 Å². The van der Waals surface area contributed by atoms with Gasteiger partial charge in [-0.25, -0.2) is 0 Å². The Balaban J connectivity index is 0.00000144. The largest absolute Gasteiger partial charge is 0.340 e. The quantitative estimate of drug-likeness (QED) is 0.856. The van der Waals surface area contributed by atoms with Gasteiger partial charge in [-0.3, -0.25) is 9.69 Å². The van der Waals surface area contributed by atoms with Gasteiger partial charge in [-0.05, 0) is 12.8 Å². The fraction of sp³-hybridized carbons (Fsp3) is 0.800. The number of amides is 1. The standard InChI is InChI=1S/C15H25N5O2.2ClH/c1-12-17-13(18-22-12)11-19-7-9-20(10-8-19)14(21)15(16)5-3-2-4-6-15;;/h2-11,16H2,1H3;2*1H. The molecule has 2 heterocycles. The van der Waals surface area contributed by atoms with Crippen molar-refractivity contribution in [3.05, 3.63) is 11.7 Å². The predicted molar refractivity (Wildman–Crippen MR) is 95.4 cm³/mol. The Bertz CT molecular complexity index is 526. The summed E-state index contributed by atoms with van der Waals surface area (Å²) in [6, 6.07) is 0. The first kappa shape index (κ1) is 21.2. The summed E-state index contributed by atoms with van der Waals surface area (Å²) in [5, 5.41) is 3.92. The first-order valence-electron chi connectivity index (χ1n) is 8.17. The van der Waals surface area contributed by atoms with E-state index >= 15 is 0 Å². The van der Waals surface area contributed by atoms with Gasteiger partial charge in [-0.15, -0.1) is 24.8 Å². The molecule has 3 rings (SSSR count). The van der Waals surface area contributed by atoms with Crippen LogP contribution in [0.4, 0.5) is 0 Å². The number of piperazine rings is 1. The Morgan fingerprint density at radius 1 is 1.17 bits per heavy atom. The molecule has 1 aromatic rings. The molecule has 0 spiro atoms. The van der Waals surface area contributed by atoms with E-state index in [9.17, 15) is 4.79 Å². The molecule has 0 atom stereocenters. The molecular formula is C15H27Cl2N5O2. The number of nitrogens with zero attached hydrogens (tertiary/aromatic N) is 4. The molecular weight excluding hydrogens is 353 g/mol. The van der Waals surface area contributed by atoms with Crippen LogP contribution in [0.2, 0.25) is 0 Å². The highest BCUT2D eigenvalue weighted by Crippen LogP contribution is 2.28. The summed E-state index contributed by atoms with van der Waals surface area (Å²) in [6.45, 7) is 5.58. The maximum Gasteiger partial charge on any atom is 0.242 e. The van der Waals surface area contributed by atoms with Crippen molar-refractivity contribution in [2.75, 3.05) is 26.2 Å². The number of halogens is 2. The third-order valence-corrected chi connectivity index (χ3v) is 4.77. The monoisotopic (exact) mass is 379 g/mol. The molecule has 1 saturated carbocycles. The summed E-state index contributed by atoms with van der Waals surface area (Å²) in [4.78, 5) is 21.1. The molecule has 1 saturated heterocycles. The Hall–Kier alpha value is -0.890. The van der Waals surface area contributed by atoms with E-state index in [2.05, 4.69) is 15.0 Å². The molecule has 24 heavy (non-hydrogen) atoms. The summed E-state index contributed by atoms with van der Waals surface area (Å²) in [6.07, 6.45) is 4.99. The normalized spacial score (nSPS) is 20.8. The molecule has 1 amide bonds. The van der Waals surface area contributed by atoms with Gasteiger partial charge in [0.15, 0.2) is 5.82 Å². The van der Waals surface area contributed by atoms with Gasteiger partial charge < -0.3 is 15.2 Å². The fourth-order valence-electron chi connectivity index (χ4n) is 3.43. The molecule has 0 aromatic carbocycles. The SMILES string of the molecule is Cc1nc(CN2CCN(C(=O)C3(N)CCCCC3)CC2)no1.Cl.Cl. The van der Waals surface area contributed by atoms with Crippen molar-refractivity contribution in [2.45, 2.75) is 51.1 Å². The average Bonchev–Trinajstić information content (AvgIpc) is 2.93. The van der Waals surface area contributed by atoms with E-state index in [1.165, 1.54) is 6.42 Å². The Kier molecular flexibility index (Phi) is 7.92. The lowest BCUT2D eigenvalue weighted by Gasteiger charge is -2.40. The highest BCUT2D eigenvalue weighted by Gasteiger charge is 2.39. The van der Waals surface area contributed by atoms with Crippen LogP contribution >= 0.6 is 24.8 Å². The fourth-order valence-corrected chi connectivity index (χ4v) is 3.43. The lowest BCUT2D eigenvalue weighted by Crippen LogP contribution is -2.60. The van der Waals surface area contributed by atoms with E-state index in [-0.39, 0.29) is 30.7 Å². The number of aryl methyl sites for hydroxylation is 1. The van der Waals surface area contributed by atoms with E-state index in [1.807, 2.05) is 4.90 Å². The molecule has 2 aliphatic rings. The highest BCUT2D eigenvalue weighted by molar-refractivity contribution is 5.86. The smallest absolute Gasteiger partial charge is 0.242 e. The molecule has 7 nitrogen and oxygen atoms in total. The zero-order valence-electron chi connectivity index (χ0n) is 14.1. The van der Waals surface area contributed by atoms with Crippen LogP contribution in [0.1, 0.15) is 43.8 Å². The summed E-state index contributed by atoms with van der Waals surface area (Å²) in [5.74, 6) is 1.44. The summed E-state index contributed by atoms with van der Waals surface area (Å²) >= 11 is 0. The zero-order valence-corrected chi connectivity index (χ0v) is 15.7. The number of rotatable bonds is 3. The van der Waals surface area contributed by atoms with Crippen LogP contribution < -0.4 is 5.73 Å². The minimum atomic E-state index is -0.620. The van der Waals surface area contributed by atoms with Crippen molar-refractivity contribution in [3.63, 3.8) is 0 Å².